The molecule has 0 saturated heterocycles. The van der Waals surface area contributed by atoms with Crippen LogP contribution in [0.2, 0.25) is 10.0 Å². The molecule has 92 valence electrons. The van der Waals surface area contributed by atoms with Crippen LogP contribution in [0, 0.1) is 0 Å². The molecule has 18 heavy (non-hydrogen) atoms. The number of nitrogens with zero attached hydrogens (tertiary/aromatic N) is 1. The summed E-state index contributed by atoms with van der Waals surface area (Å²) in [5.41, 5.74) is 2.38. The maximum absolute atomic E-state index is 9.11. The maximum Gasteiger partial charge on any atom is 0.0912 e. The second-order valence-electron chi connectivity index (χ2n) is 3.84. The van der Waals surface area contributed by atoms with Crippen LogP contribution < -0.4 is 0 Å². The molecule has 0 saturated carbocycles. The van der Waals surface area contributed by atoms with Gasteiger partial charge in [-0.1, -0.05) is 64.8 Å². The van der Waals surface area contributed by atoms with Gasteiger partial charge in [0.15, 0.2) is 0 Å². The molecular weight excluding hydrogens is 269 g/mol. The summed E-state index contributed by atoms with van der Waals surface area (Å²) in [5, 5.41) is 13.4. The van der Waals surface area contributed by atoms with E-state index in [1.807, 2.05) is 30.3 Å². The molecule has 0 spiro atoms. The lowest BCUT2D eigenvalue weighted by atomic mass is 10.0. The van der Waals surface area contributed by atoms with E-state index in [0.717, 1.165) is 11.1 Å². The smallest absolute Gasteiger partial charge is 0.0912 e. The molecule has 0 aliphatic heterocycles. The summed E-state index contributed by atoms with van der Waals surface area (Å²) >= 11 is 11.8. The maximum atomic E-state index is 9.11. The molecule has 0 aromatic heterocycles. The highest BCUT2D eigenvalue weighted by molar-refractivity contribution is 6.42. The summed E-state index contributed by atoms with van der Waals surface area (Å²) in [6.07, 6.45) is 0.537. The first kappa shape index (κ1) is 12.9. The standard InChI is InChI=1S/C14H11Cl2NO/c15-12-7-6-11(9-13(12)16)14(17-18)8-10-4-2-1-3-5-10/h1-7,9,18H,8H2. The highest BCUT2D eigenvalue weighted by atomic mass is 35.5. The van der Waals surface area contributed by atoms with Gasteiger partial charge in [0.25, 0.3) is 0 Å². The fraction of sp³-hybridized carbons (Fsp3) is 0.0714. The van der Waals surface area contributed by atoms with Crippen molar-refractivity contribution in [1.29, 1.82) is 0 Å². The van der Waals surface area contributed by atoms with Gasteiger partial charge in [-0.3, -0.25) is 0 Å². The molecule has 2 aromatic rings. The summed E-state index contributed by atoms with van der Waals surface area (Å²) in [7, 11) is 0. The summed E-state index contributed by atoms with van der Waals surface area (Å²) in [5.74, 6) is 0. The van der Waals surface area contributed by atoms with Crippen molar-refractivity contribution in [2.75, 3.05) is 0 Å². The topological polar surface area (TPSA) is 32.6 Å². The highest BCUT2D eigenvalue weighted by Crippen LogP contribution is 2.23. The summed E-state index contributed by atoms with van der Waals surface area (Å²) in [4.78, 5) is 0. The van der Waals surface area contributed by atoms with E-state index in [2.05, 4.69) is 5.16 Å². The van der Waals surface area contributed by atoms with Crippen molar-refractivity contribution in [3.8, 4) is 0 Å². The predicted octanol–water partition coefficient (Wildman–Crippen LogP) is 4.41. The first-order valence-corrected chi connectivity index (χ1v) is 6.16. The van der Waals surface area contributed by atoms with Crippen molar-refractivity contribution in [2.45, 2.75) is 6.42 Å². The minimum Gasteiger partial charge on any atom is -0.411 e. The van der Waals surface area contributed by atoms with E-state index in [4.69, 9.17) is 28.4 Å². The molecule has 0 amide bonds. The third-order valence-electron chi connectivity index (χ3n) is 2.59. The molecule has 2 nitrogen and oxygen atoms in total. The predicted molar refractivity (Wildman–Crippen MR) is 74.9 cm³/mol. The molecule has 0 radical (unpaired) electrons. The highest BCUT2D eigenvalue weighted by Gasteiger charge is 2.08. The van der Waals surface area contributed by atoms with E-state index in [1.54, 1.807) is 18.2 Å². The van der Waals surface area contributed by atoms with Gasteiger partial charge in [0.2, 0.25) is 0 Å². The van der Waals surface area contributed by atoms with Crippen LogP contribution in [0.4, 0.5) is 0 Å². The van der Waals surface area contributed by atoms with Crippen molar-refractivity contribution in [1.82, 2.24) is 0 Å². The third-order valence-corrected chi connectivity index (χ3v) is 3.33. The molecular formula is C14H11Cl2NO. The molecule has 2 aromatic carbocycles. The number of hydrogen-bond donors (Lipinski definition) is 1. The number of oxime groups is 1. The van der Waals surface area contributed by atoms with Crippen LogP contribution in [0.25, 0.3) is 0 Å². The van der Waals surface area contributed by atoms with Crippen molar-refractivity contribution < 1.29 is 5.21 Å². The van der Waals surface area contributed by atoms with Gasteiger partial charge >= 0.3 is 0 Å². The van der Waals surface area contributed by atoms with E-state index in [9.17, 15) is 0 Å². The Morgan fingerprint density at radius 2 is 1.72 bits per heavy atom. The Bertz CT molecular complexity index is 567. The molecule has 0 aliphatic carbocycles. The molecule has 0 unspecified atom stereocenters. The number of benzene rings is 2. The van der Waals surface area contributed by atoms with E-state index < -0.39 is 0 Å². The molecule has 0 heterocycles. The van der Waals surface area contributed by atoms with E-state index in [0.29, 0.717) is 22.2 Å². The minimum atomic E-state index is 0.448. The zero-order valence-electron chi connectivity index (χ0n) is 9.48. The summed E-state index contributed by atoms with van der Waals surface area (Å²) in [6.45, 7) is 0. The van der Waals surface area contributed by atoms with Crippen LogP contribution in [-0.4, -0.2) is 10.9 Å². The Morgan fingerprint density at radius 1 is 1.00 bits per heavy atom. The van der Waals surface area contributed by atoms with Gasteiger partial charge in [0, 0.05) is 12.0 Å². The van der Waals surface area contributed by atoms with Gasteiger partial charge in [0.05, 0.1) is 15.8 Å². The average molecular weight is 280 g/mol. The lowest BCUT2D eigenvalue weighted by Crippen LogP contribution is -2.05. The Balaban J connectivity index is 2.27. The molecule has 2 rings (SSSR count). The lowest BCUT2D eigenvalue weighted by molar-refractivity contribution is 0.318. The van der Waals surface area contributed by atoms with Crippen molar-refractivity contribution in [3.63, 3.8) is 0 Å². The Kier molecular flexibility index (Phi) is 4.24. The van der Waals surface area contributed by atoms with Crippen molar-refractivity contribution >= 4 is 28.9 Å². The van der Waals surface area contributed by atoms with Gasteiger partial charge in [-0.2, -0.15) is 0 Å². The molecule has 1 N–H and O–H groups in total. The van der Waals surface area contributed by atoms with Crippen LogP contribution in [0.1, 0.15) is 11.1 Å². The van der Waals surface area contributed by atoms with Gasteiger partial charge in [-0.25, -0.2) is 0 Å². The first-order chi connectivity index (χ1) is 8.70. The van der Waals surface area contributed by atoms with Crippen molar-refractivity contribution in [2.24, 2.45) is 5.16 Å². The largest absolute Gasteiger partial charge is 0.411 e. The quantitative estimate of drug-likeness (QED) is 0.504. The van der Waals surface area contributed by atoms with Crippen LogP contribution in [0.15, 0.2) is 53.7 Å². The van der Waals surface area contributed by atoms with Gasteiger partial charge in [-0.05, 0) is 17.7 Å². The van der Waals surface area contributed by atoms with Gasteiger partial charge in [0.1, 0.15) is 0 Å². The lowest BCUT2D eigenvalue weighted by Gasteiger charge is -2.06. The number of halogens is 2. The number of rotatable bonds is 3. The molecule has 0 bridgehead atoms. The fourth-order valence-corrected chi connectivity index (χ4v) is 1.96. The molecule has 0 aliphatic rings. The minimum absolute atomic E-state index is 0.448. The second kappa shape index (κ2) is 5.89. The van der Waals surface area contributed by atoms with E-state index in [-0.39, 0.29) is 0 Å². The van der Waals surface area contributed by atoms with E-state index >= 15 is 0 Å². The third kappa shape index (κ3) is 3.03. The average Bonchev–Trinajstić information content (AvgIpc) is 2.40. The Labute approximate surface area is 115 Å². The summed E-state index contributed by atoms with van der Waals surface area (Å²) in [6, 6.07) is 15.0. The van der Waals surface area contributed by atoms with E-state index in [1.165, 1.54) is 0 Å². The van der Waals surface area contributed by atoms with Gasteiger partial charge < -0.3 is 5.21 Å². The zero-order chi connectivity index (χ0) is 13.0. The van der Waals surface area contributed by atoms with Crippen LogP contribution >= 0.6 is 23.2 Å². The fourth-order valence-electron chi connectivity index (χ4n) is 1.66. The van der Waals surface area contributed by atoms with Gasteiger partial charge in [-0.15, -0.1) is 0 Å². The monoisotopic (exact) mass is 279 g/mol. The SMILES string of the molecule is ON=C(Cc1ccccc1)c1ccc(Cl)c(Cl)c1. The molecule has 0 atom stereocenters. The summed E-state index contributed by atoms with van der Waals surface area (Å²) < 4.78 is 0. The Morgan fingerprint density at radius 3 is 2.33 bits per heavy atom. The first-order valence-electron chi connectivity index (χ1n) is 5.41. The van der Waals surface area contributed by atoms with Crippen LogP contribution in [-0.2, 0) is 6.42 Å². The Hall–Kier alpha value is -1.51. The molecule has 4 heteroatoms. The zero-order valence-corrected chi connectivity index (χ0v) is 11.0. The van der Waals surface area contributed by atoms with Crippen LogP contribution in [0.3, 0.4) is 0 Å². The van der Waals surface area contributed by atoms with Crippen LogP contribution in [0.5, 0.6) is 0 Å². The van der Waals surface area contributed by atoms with Crippen molar-refractivity contribution in [3.05, 3.63) is 69.7 Å². The molecule has 0 fully saturated rings. The normalized spacial score (nSPS) is 11.6. The second-order valence-corrected chi connectivity index (χ2v) is 4.65. The number of hydrogen-bond acceptors (Lipinski definition) is 2.